The van der Waals surface area contributed by atoms with Crippen LogP contribution in [0.4, 0.5) is 0 Å². The van der Waals surface area contributed by atoms with Crippen molar-refractivity contribution in [3.63, 3.8) is 0 Å². The van der Waals surface area contributed by atoms with E-state index in [1.54, 1.807) is 0 Å². The first-order valence-corrected chi connectivity index (χ1v) is 5.48. The van der Waals surface area contributed by atoms with Gasteiger partial charge in [-0.2, -0.15) is 0 Å². The monoisotopic (exact) mass is 185 g/mol. The molecular formula is C10H23N3. The summed E-state index contributed by atoms with van der Waals surface area (Å²) in [5.74, 6) is 0. The Morgan fingerprint density at radius 1 is 1.38 bits per heavy atom. The zero-order valence-corrected chi connectivity index (χ0v) is 9.00. The predicted molar refractivity (Wildman–Crippen MR) is 56.8 cm³/mol. The second-order valence-corrected chi connectivity index (χ2v) is 3.74. The Kier molecular flexibility index (Phi) is 4.70. The number of nitrogens with two attached hydrogens (primary N) is 1. The number of rotatable bonds is 6. The summed E-state index contributed by atoms with van der Waals surface area (Å²) in [6.45, 7) is 11.3. The van der Waals surface area contributed by atoms with E-state index in [0.717, 1.165) is 19.6 Å². The maximum absolute atomic E-state index is 5.64. The molecule has 1 atom stereocenters. The number of likely N-dealkylation sites (N-methyl/N-ethyl adjacent to an activating group) is 1. The highest BCUT2D eigenvalue weighted by Gasteiger charge is 2.25. The Bertz CT molecular complexity index is 132. The Balaban J connectivity index is 2.11. The van der Waals surface area contributed by atoms with Crippen molar-refractivity contribution in [2.75, 3.05) is 39.3 Å². The molecule has 13 heavy (non-hydrogen) atoms. The van der Waals surface area contributed by atoms with Gasteiger partial charge in [-0.05, 0) is 19.5 Å². The molecule has 0 aliphatic carbocycles. The fourth-order valence-corrected chi connectivity index (χ4v) is 1.87. The summed E-state index contributed by atoms with van der Waals surface area (Å²) < 4.78 is 0. The Hall–Kier alpha value is -0.120. The molecule has 1 aliphatic rings. The molecule has 0 amide bonds. The Morgan fingerprint density at radius 3 is 2.46 bits per heavy atom. The van der Waals surface area contributed by atoms with Crippen LogP contribution in [0.2, 0.25) is 0 Å². The second kappa shape index (κ2) is 5.58. The molecule has 1 unspecified atom stereocenters. The van der Waals surface area contributed by atoms with Crippen LogP contribution < -0.4 is 5.73 Å². The molecule has 1 heterocycles. The van der Waals surface area contributed by atoms with E-state index >= 15 is 0 Å². The number of nitrogens with zero attached hydrogens (tertiary/aromatic N) is 2. The maximum atomic E-state index is 5.64. The number of hydrogen-bond donors (Lipinski definition) is 1. The van der Waals surface area contributed by atoms with Crippen LogP contribution in [0.3, 0.4) is 0 Å². The zero-order chi connectivity index (χ0) is 9.68. The van der Waals surface area contributed by atoms with E-state index in [1.807, 2.05) is 0 Å². The molecule has 1 fully saturated rings. The summed E-state index contributed by atoms with van der Waals surface area (Å²) in [6.07, 6.45) is 1.30. The third-order valence-corrected chi connectivity index (χ3v) is 3.14. The minimum absolute atomic E-state index is 0.676. The standard InChI is InChI=1S/C10H23N3/c1-3-12(4-2)7-8-13-6-5-10(13)9-11/h10H,3-9,11H2,1-2H3. The van der Waals surface area contributed by atoms with E-state index in [4.69, 9.17) is 5.73 Å². The van der Waals surface area contributed by atoms with Gasteiger partial charge in [-0.3, -0.25) is 4.90 Å². The van der Waals surface area contributed by atoms with Crippen LogP contribution in [0, 0.1) is 0 Å². The van der Waals surface area contributed by atoms with E-state index in [9.17, 15) is 0 Å². The van der Waals surface area contributed by atoms with Crippen molar-refractivity contribution >= 4 is 0 Å². The summed E-state index contributed by atoms with van der Waals surface area (Å²) in [5, 5.41) is 0. The van der Waals surface area contributed by atoms with Gasteiger partial charge in [-0.15, -0.1) is 0 Å². The molecule has 0 saturated carbocycles. The minimum Gasteiger partial charge on any atom is -0.329 e. The van der Waals surface area contributed by atoms with E-state index < -0.39 is 0 Å². The first-order valence-electron chi connectivity index (χ1n) is 5.48. The molecule has 0 aromatic carbocycles. The van der Waals surface area contributed by atoms with Crippen LogP contribution >= 0.6 is 0 Å². The molecule has 0 radical (unpaired) electrons. The topological polar surface area (TPSA) is 32.5 Å². The van der Waals surface area contributed by atoms with Crippen molar-refractivity contribution in [2.45, 2.75) is 26.3 Å². The van der Waals surface area contributed by atoms with Gasteiger partial charge in [0.1, 0.15) is 0 Å². The van der Waals surface area contributed by atoms with Crippen LogP contribution in [-0.2, 0) is 0 Å². The van der Waals surface area contributed by atoms with Crippen molar-refractivity contribution in [3.05, 3.63) is 0 Å². The van der Waals surface area contributed by atoms with Crippen molar-refractivity contribution in [1.82, 2.24) is 9.80 Å². The van der Waals surface area contributed by atoms with Gasteiger partial charge in [0.15, 0.2) is 0 Å². The van der Waals surface area contributed by atoms with E-state index in [2.05, 4.69) is 23.6 Å². The molecule has 0 bridgehead atoms. The largest absolute Gasteiger partial charge is 0.329 e. The lowest BCUT2D eigenvalue weighted by molar-refractivity contribution is 0.0828. The van der Waals surface area contributed by atoms with Gasteiger partial charge in [0.2, 0.25) is 0 Å². The van der Waals surface area contributed by atoms with Crippen LogP contribution in [0.15, 0.2) is 0 Å². The fourth-order valence-electron chi connectivity index (χ4n) is 1.87. The van der Waals surface area contributed by atoms with Gasteiger partial charge in [-0.25, -0.2) is 0 Å². The van der Waals surface area contributed by atoms with Crippen LogP contribution in [0.1, 0.15) is 20.3 Å². The highest BCUT2D eigenvalue weighted by molar-refractivity contribution is 4.83. The smallest absolute Gasteiger partial charge is 0.0231 e. The molecule has 3 heteroatoms. The van der Waals surface area contributed by atoms with Gasteiger partial charge in [0.25, 0.3) is 0 Å². The van der Waals surface area contributed by atoms with E-state index in [1.165, 1.54) is 26.1 Å². The SMILES string of the molecule is CCN(CC)CCN1CCC1CN. The van der Waals surface area contributed by atoms with Gasteiger partial charge >= 0.3 is 0 Å². The van der Waals surface area contributed by atoms with Gasteiger partial charge in [0.05, 0.1) is 0 Å². The fraction of sp³-hybridized carbons (Fsp3) is 1.00. The van der Waals surface area contributed by atoms with Crippen molar-refractivity contribution in [3.8, 4) is 0 Å². The lowest BCUT2D eigenvalue weighted by Gasteiger charge is -2.41. The molecule has 0 aromatic rings. The third kappa shape index (κ3) is 2.93. The zero-order valence-electron chi connectivity index (χ0n) is 9.00. The number of likely N-dealkylation sites (tertiary alicyclic amines) is 1. The molecule has 1 rings (SSSR count). The normalized spacial score (nSPS) is 23.5. The highest BCUT2D eigenvalue weighted by atomic mass is 15.2. The van der Waals surface area contributed by atoms with E-state index in [0.29, 0.717) is 6.04 Å². The molecule has 0 aromatic heterocycles. The summed E-state index contributed by atoms with van der Waals surface area (Å²) in [6, 6.07) is 0.676. The van der Waals surface area contributed by atoms with Crippen LogP contribution in [0.25, 0.3) is 0 Å². The molecule has 1 aliphatic heterocycles. The lowest BCUT2D eigenvalue weighted by Crippen LogP contribution is -2.53. The van der Waals surface area contributed by atoms with Crippen LogP contribution in [-0.4, -0.2) is 55.1 Å². The second-order valence-electron chi connectivity index (χ2n) is 3.74. The predicted octanol–water partition coefficient (Wildman–Crippen LogP) is 0.361. The molecule has 2 N–H and O–H groups in total. The first kappa shape index (κ1) is 11.0. The maximum Gasteiger partial charge on any atom is 0.0231 e. The molecule has 3 nitrogen and oxygen atoms in total. The highest BCUT2D eigenvalue weighted by Crippen LogP contribution is 2.14. The summed E-state index contributed by atoms with van der Waals surface area (Å²) in [4.78, 5) is 4.96. The van der Waals surface area contributed by atoms with Crippen LogP contribution in [0.5, 0.6) is 0 Å². The summed E-state index contributed by atoms with van der Waals surface area (Å²) in [7, 11) is 0. The average molecular weight is 185 g/mol. The van der Waals surface area contributed by atoms with Gasteiger partial charge in [-0.1, -0.05) is 13.8 Å². The summed E-state index contributed by atoms with van der Waals surface area (Å²) >= 11 is 0. The van der Waals surface area contributed by atoms with Gasteiger partial charge in [0, 0.05) is 32.2 Å². The number of hydrogen-bond acceptors (Lipinski definition) is 3. The van der Waals surface area contributed by atoms with Gasteiger partial charge < -0.3 is 10.6 Å². The quantitative estimate of drug-likeness (QED) is 0.648. The average Bonchev–Trinajstić information content (AvgIpc) is 2.11. The van der Waals surface area contributed by atoms with E-state index in [-0.39, 0.29) is 0 Å². The van der Waals surface area contributed by atoms with Crippen molar-refractivity contribution < 1.29 is 0 Å². The van der Waals surface area contributed by atoms with Crippen molar-refractivity contribution in [1.29, 1.82) is 0 Å². The molecule has 78 valence electrons. The van der Waals surface area contributed by atoms with Crippen molar-refractivity contribution in [2.24, 2.45) is 5.73 Å². The lowest BCUT2D eigenvalue weighted by atomic mass is 10.0. The third-order valence-electron chi connectivity index (χ3n) is 3.14. The Labute approximate surface area is 81.9 Å². The molecular weight excluding hydrogens is 162 g/mol. The molecule has 1 saturated heterocycles. The summed E-state index contributed by atoms with van der Waals surface area (Å²) in [5.41, 5.74) is 5.64. The minimum atomic E-state index is 0.676. The Morgan fingerprint density at radius 2 is 2.08 bits per heavy atom. The first-order chi connectivity index (χ1) is 6.31. The molecule has 0 spiro atoms.